The number of carbonyl (C=O) groups excluding carboxylic acids is 1. The molecule has 1 aliphatic carbocycles. The molecule has 0 saturated carbocycles. The van der Waals surface area contributed by atoms with Crippen LogP contribution in [0.4, 0.5) is 4.39 Å². The number of rotatable bonds is 5. The Labute approximate surface area is 104 Å². The summed E-state index contributed by atoms with van der Waals surface area (Å²) in [6.07, 6.45) is 2.90. The molecule has 0 aromatic heterocycles. The van der Waals surface area contributed by atoms with Gasteiger partial charge < -0.3 is 4.74 Å². The summed E-state index contributed by atoms with van der Waals surface area (Å²) in [5, 5.41) is 10.7. The lowest BCUT2D eigenvalue weighted by atomic mass is 9.86. The Kier molecular flexibility index (Phi) is 5.00. The lowest BCUT2D eigenvalue weighted by Gasteiger charge is -2.20. The zero-order valence-corrected chi connectivity index (χ0v) is 10.4. The monoisotopic (exact) mass is 257 g/mol. The van der Waals surface area contributed by atoms with Crippen LogP contribution in [0.3, 0.4) is 0 Å². The molecule has 0 heterocycles. The van der Waals surface area contributed by atoms with Gasteiger partial charge >= 0.3 is 11.7 Å². The molecule has 5 nitrogen and oxygen atoms in total. The van der Waals surface area contributed by atoms with Crippen molar-refractivity contribution < 1.29 is 18.8 Å². The fourth-order valence-electron chi connectivity index (χ4n) is 2.01. The van der Waals surface area contributed by atoms with E-state index >= 15 is 0 Å². The number of carbonyl (C=O) groups is 1. The molecule has 0 aromatic carbocycles. The minimum atomic E-state index is -1.05. The van der Waals surface area contributed by atoms with Crippen LogP contribution in [0.2, 0.25) is 0 Å². The fourth-order valence-corrected chi connectivity index (χ4v) is 2.01. The molecule has 1 atom stereocenters. The second-order valence-corrected chi connectivity index (χ2v) is 4.02. The molecule has 0 radical (unpaired) electrons. The van der Waals surface area contributed by atoms with Crippen molar-refractivity contribution in [1.82, 2.24) is 0 Å². The van der Waals surface area contributed by atoms with Crippen LogP contribution in [0.15, 0.2) is 23.2 Å². The standard InChI is InChI=1S/C12H16FNO4/c1-3-5-8-6-7-9(14(16)17)11(13)10(8)12(15)18-4-2/h7-8H,3-6H2,1-2H3. The molecule has 0 saturated heterocycles. The first-order chi connectivity index (χ1) is 8.52. The van der Waals surface area contributed by atoms with E-state index in [0.717, 1.165) is 6.42 Å². The number of hydrogen-bond donors (Lipinski definition) is 0. The van der Waals surface area contributed by atoms with Crippen LogP contribution in [0.25, 0.3) is 0 Å². The summed E-state index contributed by atoms with van der Waals surface area (Å²) in [4.78, 5) is 21.5. The van der Waals surface area contributed by atoms with Gasteiger partial charge in [0.05, 0.1) is 17.1 Å². The third kappa shape index (κ3) is 2.94. The Balaban J connectivity index is 3.12. The Morgan fingerprint density at radius 2 is 2.28 bits per heavy atom. The Hall–Kier alpha value is -1.72. The highest BCUT2D eigenvalue weighted by Gasteiger charge is 2.35. The highest BCUT2D eigenvalue weighted by Crippen LogP contribution is 2.34. The smallest absolute Gasteiger partial charge is 0.337 e. The van der Waals surface area contributed by atoms with E-state index in [9.17, 15) is 19.3 Å². The van der Waals surface area contributed by atoms with Crippen LogP contribution in [0.1, 0.15) is 33.1 Å². The van der Waals surface area contributed by atoms with E-state index in [0.29, 0.717) is 12.8 Å². The van der Waals surface area contributed by atoms with Gasteiger partial charge in [0.1, 0.15) is 0 Å². The maximum Gasteiger partial charge on any atom is 0.337 e. The van der Waals surface area contributed by atoms with Gasteiger partial charge in [-0.2, -0.15) is 4.39 Å². The molecule has 0 spiro atoms. The summed E-state index contributed by atoms with van der Waals surface area (Å²) in [5.74, 6) is -2.18. The second kappa shape index (κ2) is 6.28. The SMILES string of the molecule is CCCC1CC=C([N+](=O)[O-])C(F)=C1C(=O)OCC. The molecule has 18 heavy (non-hydrogen) atoms. The van der Waals surface area contributed by atoms with Gasteiger partial charge in [-0.3, -0.25) is 10.1 Å². The molecule has 0 bridgehead atoms. The van der Waals surface area contributed by atoms with Crippen molar-refractivity contribution in [3.63, 3.8) is 0 Å². The summed E-state index contributed by atoms with van der Waals surface area (Å²) in [7, 11) is 0. The van der Waals surface area contributed by atoms with Crippen molar-refractivity contribution in [3.8, 4) is 0 Å². The molecule has 0 aromatic rings. The minimum Gasteiger partial charge on any atom is -0.463 e. The average Bonchev–Trinajstić information content (AvgIpc) is 2.29. The van der Waals surface area contributed by atoms with Crippen LogP contribution < -0.4 is 0 Å². The third-order valence-corrected chi connectivity index (χ3v) is 2.79. The topological polar surface area (TPSA) is 69.4 Å². The van der Waals surface area contributed by atoms with Gasteiger partial charge in [-0.15, -0.1) is 0 Å². The molecular formula is C12H16FNO4. The summed E-state index contributed by atoms with van der Waals surface area (Å²) in [6.45, 7) is 3.64. The van der Waals surface area contributed by atoms with E-state index in [-0.39, 0.29) is 18.1 Å². The van der Waals surface area contributed by atoms with E-state index in [1.807, 2.05) is 6.92 Å². The van der Waals surface area contributed by atoms with Gasteiger partial charge in [-0.1, -0.05) is 13.3 Å². The van der Waals surface area contributed by atoms with E-state index < -0.39 is 22.4 Å². The number of hydrogen-bond acceptors (Lipinski definition) is 4. The lowest BCUT2D eigenvalue weighted by molar-refractivity contribution is -0.423. The highest BCUT2D eigenvalue weighted by molar-refractivity contribution is 5.90. The summed E-state index contributed by atoms with van der Waals surface area (Å²) < 4.78 is 18.7. The molecule has 1 unspecified atom stereocenters. The largest absolute Gasteiger partial charge is 0.463 e. The summed E-state index contributed by atoms with van der Waals surface area (Å²) in [6, 6.07) is 0. The average molecular weight is 257 g/mol. The number of esters is 1. The molecule has 1 aliphatic rings. The molecule has 0 fully saturated rings. The number of nitrogens with zero attached hydrogens (tertiary/aromatic N) is 1. The van der Waals surface area contributed by atoms with Crippen LogP contribution >= 0.6 is 0 Å². The number of halogens is 1. The summed E-state index contributed by atoms with van der Waals surface area (Å²) in [5.41, 5.74) is -0.821. The molecular weight excluding hydrogens is 241 g/mol. The van der Waals surface area contributed by atoms with Gasteiger partial charge in [0.2, 0.25) is 5.83 Å². The maximum absolute atomic E-state index is 14.0. The van der Waals surface area contributed by atoms with Crippen LogP contribution in [-0.2, 0) is 9.53 Å². The van der Waals surface area contributed by atoms with Gasteiger partial charge in [-0.25, -0.2) is 4.79 Å². The third-order valence-electron chi connectivity index (χ3n) is 2.79. The van der Waals surface area contributed by atoms with Crippen LogP contribution in [-0.4, -0.2) is 17.5 Å². The first-order valence-electron chi connectivity index (χ1n) is 5.94. The Morgan fingerprint density at radius 3 is 2.78 bits per heavy atom. The molecule has 6 heteroatoms. The predicted octanol–water partition coefficient (Wildman–Crippen LogP) is 2.75. The molecule has 0 amide bonds. The van der Waals surface area contributed by atoms with Crippen LogP contribution in [0, 0.1) is 16.0 Å². The quantitative estimate of drug-likeness (QED) is 0.431. The first kappa shape index (κ1) is 14.3. The molecule has 100 valence electrons. The number of ether oxygens (including phenoxy) is 1. The summed E-state index contributed by atoms with van der Waals surface area (Å²) >= 11 is 0. The van der Waals surface area contributed by atoms with Crippen molar-refractivity contribution in [2.24, 2.45) is 5.92 Å². The van der Waals surface area contributed by atoms with Gasteiger partial charge in [0, 0.05) is 0 Å². The lowest BCUT2D eigenvalue weighted by Crippen LogP contribution is -2.22. The number of nitro groups is 1. The Morgan fingerprint density at radius 1 is 1.61 bits per heavy atom. The van der Waals surface area contributed by atoms with Crippen LogP contribution in [0.5, 0.6) is 0 Å². The van der Waals surface area contributed by atoms with E-state index in [1.165, 1.54) is 6.08 Å². The molecule has 0 aliphatic heterocycles. The van der Waals surface area contributed by atoms with Crippen molar-refractivity contribution >= 4 is 5.97 Å². The van der Waals surface area contributed by atoms with Crippen molar-refractivity contribution in [2.45, 2.75) is 33.1 Å². The second-order valence-electron chi connectivity index (χ2n) is 4.02. The Bertz CT molecular complexity index is 414. The zero-order chi connectivity index (χ0) is 13.7. The van der Waals surface area contributed by atoms with Gasteiger partial charge in [0.25, 0.3) is 0 Å². The minimum absolute atomic E-state index is 0.117. The van der Waals surface area contributed by atoms with E-state index in [4.69, 9.17) is 4.74 Å². The predicted molar refractivity (Wildman–Crippen MR) is 62.9 cm³/mol. The zero-order valence-electron chi connectivity index (χ0n) is 10.4. The van der Waals surface area contributed by atoms with E-state index in [1.54, 1.807) is 6.92 Å². The normalized spacial score (nSPS) is 19.5. The molecule has 1 rings (SSSR count). The fraction of sp³-hybridized carbons (Fsp3) is 0.583. The maximum atomic E-state index is 14.0. The van der Waals surface area contributed by atoms with Gasteiger partial charge in [0.15, 0.2) is 0 Å². The van der Waals surface area contributed by atoms with Crippen molar-refractivity contribution in [1.29, 1.82) is 0 Å². The van der Waals surface area contributed by atoms with E-state index in [2.05, 4.69) is 0 Å². The highest BCUT2D eigenvalue weighted by atomic mass is 19.1. The van der Waals surface area contributed by atoms with Crippen molar-refractivity contribution in [2.75, 3.05) is 6.61 Å². The molecule has 0 N–H and O–H groups in total. The number of allylic oxidation sites excluding steroid dienone is 2. The first-order valence-corrected chi connectivity index (χ1v) is 5.94. The van der Waals surface area contributed by atoms with Gasteiger partial charge in [-0.05, 0) is 31.8 Å². The van der Waals surface area contributed by atoms with Crippen molar-refractivity contribution in [3.05, 3.63) is 33.3 Å².